The molecule has 0 amide bonds. The van der Waals surface area contributed by atoms with Gasteiger partial charge in [0.05, 0.1) is 17.1 Å². The van der Waals surface area contributed by atoms with Gasteiger partial charge in [-0.25, -0.2) is 17.9 Å². The van der Waals surface area contributed by atoms with Crippen molar-refractivity contribution in [1.82, 2.24) is 10.0 Å². The Hall–Kier alpha value is -1.15. The van der Waals surface area contributed by atoms with E-state index in [0.717, 1.165) is 13.1 Å². The molecule has 122 valence electrons. The summed E-state index contributed by atoms with van der Waals surface area (Å²) in [5.41, 5.74) is 0.350. The van der Waals surface area contributed by atoms with Crippen molar-refractivity contribution in [2.24, 2.45) is 11.8 Å². The minimum atomic E-state index is -3.52. The summed E-state index contributed by atoms with van der Waals surface area (Å²) >= 11 is 0. The van der Waals surface area contributed by atoms with Gasteiger partial charge in [0.1, 0.15) is 0 Å². The van der Waals surface area contributed by atoms with Crippen LogP contribution in [0.3, 0.4) is 0 Å². The van der Waals surface area contributed by atoms with Crippen LogP contribution < -0.4 is 10.0 Å². The van der Waals surface area contributed by atoms with Gasteiger partial charge in [-0.2, -0.15) is 0 Å². The van der Waals surface area contributed by atoms with Crippen LogP contribution in [0.15, 0.2) is 29.2 Å². The van der Waals surface area contributed by atoms with Crippen molar-refractivity contribution in [1.29, 1.82) is 0 Å². The average Bonchev–Trinajstić information content (AvgIpc) is 2.89. The second kappa shape index (κ2) is 6.54. The molecule has 1 heterocycles. The zero-order valence-corrected chi connectivity index (χ0v) is 13.7. The van der Waals surface area contributed by atoms with E-state index in [-0.39, 0.29) is 23.3 Å². The Morgan fingerprint density at radius 3 is 2.41 bits per heavy atom. The molecule has 2 atom stereocenters. The largest absolute Gasteiger partial charge is 0.462 e. The van der Waals surface area contributed by atoms with Crippen molar-refractivity contribution in [3.05, 3.63) is 29.8 Å². The zero-order valence-electron chi connectivity index (χ0n) is 12.1. The van der Waals surface area contributed by atoms with Crippen LogP contribution >= 0.6 is 12.4 Å². The molecule has 0 aromatic heterocycles. The van der Waals surface area contributed by atoms with Crippen LogP contribution in [0, 0.1) is 11.8 Å². The van der Waals surface area contributed by atoms with E-state index in [0.29, 0.717) is 24.0 Å². The highest BCUT2D eigenvalue weighted by Gasteiger charge is 2.54. The molecular weight excluding hydrogens is 328 g/mol. The van der Waals surface area contributed by atoms with Crippen molar-refractivity contribution in [3.63, 3.8) is 0 Å². The van der Waals surface area contributed by atoms with Crippen LogP contribution in [0.1, 0.15) is 17.3 Å². The highest BCUT2D eigenvalue weighted by atomic mass is 35.5. The molecule has 3 rings (SSSR count). The molecule has 8 heteroatoms. The Morgan fingerprint density at radius 1 is 1.27 bits per heavy atom. The van der Waals surface area contributed by atoms with Gasteiger partial charge in [0.15, 0.2) is 0 Å². The molecule has 1 saturated heterocycles. The third-order valence-corrected chi connectivity index (χ3v) is 5.53. The smallest absolute Gasteiger partial charge is 0.338 e. The van der Waals surface area contributed by atoms with E-state index in [9.17, 15) is 13.2 Å². The second-order valence-corrected chi connectivity index (χ2v) is 7.09. The number of carbonyl (C=O) groups is 1. The molecular formula is C14H19ClN2O4S. The van der Waals surface area contributed by atoms with Gasteiger partial charge in [0.2, 0.25) is 10.0 Å². The fourth-order valence-corrected chi connectivity index (χ4v) is 4.16. The maximum atomic E-state index is 12.3. The Morgan fingerprint density at radius 2 is 1.86 bits per heavy atom. The number of fused-ring (bicyclic) bond motifs is 1. The molecule has 2 aliphatic rings. The van der Waals surface area contributed by atoms with Crippen LogP contribution in [-0.2, 0) is 14.8 Å². The van der Waals surface area contributed by atoms with Gasteiger partial charge in [-0.1, -0.05) is 0 Å². The lowest BCUT2D eigenvalue weighted by Crippen LogP contribution is -2.32. The molecule has 2 unspecified atom stereocenters. The molecule has 1 saturated carbocycles. The van der Waals surface area contributed by atoms with E-state index in [1.54, 1.807) is 6.92 Å². The van der Waals surface area contributed by atoms with E-state index in [2.05, 4.69) is 10.0 Å². The predicted molar refractivity (Wildman–Crippen MR) is 83.6 cm³/mol. The van der Waals surface area contributed by atoms with Gasteiger partial charge in [-0.15, -0.1) is 12.4 Å². The first-order valence-electron chi connectivity index (χ1n) is 7.03. The van der Waals surface area contributed by atoms with E-state index >= 15 is 0 Å². The zero-order chi connectivity index (χ0) is 15.0. The molecule has 1 aromatic carbocycles. The van der Waals surface area contributed by atoms with Crippen molar-refractivity contribution >= 4 is 28.4 Å². The fraction of sp³-hybridized carbons (Fsp3) is 0.500. The number of nitrogens with one attached hydrogen (secondary N) is 2. The standard InChI is InChI=1S/C14H18N2O4S.ClH/c1-2-20-14(17)9-3-5-10(6-4-9)21(18,19)16-13-11-7-15-8-12(11)13;/h3-6,11-13,15-16H,2,7-8H2,1H3;1H. The van der Waals surface area contributed by atoms with Gasteiger partial charge in [-0.05, 0) is 56.1 Å². The number of sulfonamides is 1. The normalized spacial score (nSPS) is 26.0. The van der Waals surface area contributed by atoms with E-state index in [4.69, 9.17) is 4.74 Å². The molecule has 6 nitrogen and oxygen atoms in total. The number of piperidine rings is 1. The number of rotatable bonds is 5. The number of carbonyl (C=O) groups excluding carboxylic acids is 1. The van der Waals surface area contributed by atoms with E-state index < -0.39 is 16.0 Å². The summed E-state index contributed by atoms with van der Waals surface area (Å²) in [4.78, 5) is 11.7. The highest BCUT2D eigenvalue weighted by molar-refractivity contribution is 7.89. The molecule has 0 bridgehead atoms. The fourth-order valence-electron chi connectivity index (χ4n) is 2.82. The lowest BCUT2D eigenvalue weighted by Gasteiger charge is -2.09. The van der Waals surface area contributed by atoms with Crippen molar-refractivity contribution < 1.29 is 17.9 Å². The molecule has 22 heavy (non-hydrogen) atoms. The Balaban J connectivity index is 0.00000176. The molecule has 2 fully saturated rings. The molecule has 1 aromatic rings. The number of esters is 1. The van der Waals surface area contributed by atoms with Crippen molar-refractivity contribution in [2.75, 3.05) is 19.7 Å². The summed E-state index contributed by atoms with van der Waals surface area (Å²) in [5.74, 6) is 0.384. The van der Waals surface area contributed by atoms with Crippen LogP contribution in [0.25, 0.3) is 0 Å². The van der Waals surface area contributed by atoms with Gasteiger partial charge in [0, 0.05) is 6.04 Å². The third-order valence-electron chi connectivity index (χ3n) is 4.06. The Kier molecular flexibility index (Phi) is 5.11. The molecule has 0 radical (unpaired) electrons. The Bertz CT molecular complexity index is 637. The first-order chi connectivity index (χ1) is 10.0. The maximum absolute atomic E-state index is 12.3. The minimum Gasteiger partial charge on any atom is -0.462 e. The summed E-state index contributed by atoms with van der Waals surface area (Å²) in [6.07, 6.45) is 0. The predicted octanol–water partition coefficient (Wildman–Crippen LogP) is 0.781. The molecule has 1 aliphatic carbocycles. The highest BCUT2D eigenvalue weighted by Crippen LogP contribution is 2.42. The summed E-state index contributed by atoms with van der Waals surface area (Å²) in [7, 11) is -3.52. The van der Waals surface area contributed by atoms with Gasteiger partial charge < -0.3 is 10.1 Å². The second-order valence-electron chi connectivity index (χ2n) is 5.38. The number of halogens is 1. The number of hydrogen-bond donors (Lipinski definition) is 2. The van der Waals surface area contributed by atoms with Gasteiger partial charge >= 0.3 is 5.97 Å². The van der Waals surface area contributed by atoms with E-state index in [1.807, 2.05) is 0 Å². The van der Waals surface area contributed by atoms with Crippen LogP contribution in [0.2, 0.25) is 0 Å². The Labute approximate surface area is 136 Å². The SMILES string of the molecule is CCOC(=O)c1ccc(S(=O)(=O)NC2C3CNCC32)cc1.Cl. The topological polar surface area (TPSA) is 84.5 Å². The first kappa shape index (κ1) is 17.2. The van der Waals surface area contributed by atoms with Crippen LogP contribution in [0.4, 0.5) is 0 Å². The van der Waals surface area contributed by atoms with Crippen LogP contribution in [-0.4, -0.2) is 40.1 Å². The average molecular weight is 347 g/mol. The molecule has 2 N–H and O–H groups in total. The summed E-state index contributed by atoms with van der Waals surface area (Å²) in [5, 5.41) is 3.22. The van der Waals surface area contributed by atoms with Crippen LogP contribution in [0.5, 0.6) is 0 Å². The monoisotopic (exact) mass is 346 g/mol. The van der Waals surface area contributed by atoms with Gasteiger partial charge in [-0.3, -0.25) is 0 Å². The number of hydrogen-bond acceptors (Lipinski definition) is 5. The minimum absolute atomic E-state index is 0. The molecule has 1 aliphatic heterocycles. The lowest BCUT2D eigenvalue weighted by molar-refractivity contribution is 0.0526. The first-order valence-corrected chi connectivity index (χ1v) is 8.51. The summed E-state index contributed by atoms with van der Waals surface area (Å²) in [6.45, 7) is 3.76. The third kappa shape index (κ3) is 3.27. The number of ether oxygens (including phenoxy) is 1. The maximum Gasteiger partial charge on any atom is 0.338 e. The van der Waals surface area contributed by atoms with E-state index in [1.165, 1.54) is 24.3 Å². The van der Waals surface area contributed by atoms with Crippen molar-refractivity contribution in [2.45, 2.75) is 17.9 Å². The summed E-state index contributed by atoms with van der Waals surface area (Å²) < 4.78 is 32.2. The van der Waals surface area contributed by atoms with Crippen molar-refractivity contribution in [3.8, 4) is 0 Å². The number of benzene rings is 1. The summed E-state index contributed by atoms with van der Waals surface area (Å²) in [6, 6.07) is 5.86. The lowest BCUT2D eigenvalue weighted by atomic mass is 10.2. The molecule has 0 spiro atoms. The van der Waals surface area contributed by atoms with Gasteiger partial charge in [0.25, 0.3) is 0 Å². The quantitative estimate of drug-likeness (QED) is 0.770.